The maximum atomic E-state index is 4.66. The quantitative estimate of drug-likeness (QED) is 0.816. The minimum Gasteiger partial charge on any atom is -0.300 e. The first kappa shape index (κ1) is 14.5. The maximum absolute atomic E-state index is 4.66. The van der Waals surface area contributed by atoms with Crippen LogP contribution in [0.2, 0.25) is 0 Å². The van der Waals surface area contributed by atoms with Gasteiger partial charge in [0.05, 0.1) is 5.52 Å². The predicted octanol–water partition coefficient (Wildman–Crippen LogP) is 4.21. The molecule has 1 aromatic carbocycles. The van der Waals surface area contributed by atoms with Gasteiger partial charge in [-0.2, -0.15) is 0 Å². The summed E-state index contributed by atoms with van der Waals surface area (Å²) in [6.45, 7) is 7.03. The summed E-state index contributed by atoms with van der Waals surface area (Å²) in [6, 6.07) is 9.47. The van der Waals surface area contributed by atoms with Crippen LogP contribution in [0.25, 0.3) is 10.9 Å². The first-order chi connectivity index (χ1) is 10.3. The van der Waals surface area contributed by atoms with Gasteiger partial charge in [0, 0.05) is 17.6 Å². The highest BCUT2D eigenvalue weighted by atomic mass is 15.1. The Morgan fingerprint density at radius 2 is 1.95 bits per heavy atom. The zero-order valence-electron chi connectivity index (χ0n) is 13.3. The number of nitrogens with zero attached hydrogens (tertiary/aromatic N) is 2. The molecule has 112 valence electrons. The van der Waals surface area contributed by atoms with Crippen molar-refractivity contribution in [2.45, 2.75) is 52.0 Å². The van der Waals surface area contributed by atoms with Gasteiger partial charge in [0.15, 0.2) is 0 Å². The number of aryl methyl sites for hydroxylation is 1. The van der Waals surface area contributed by atoms with Crippen molar-refractivity contribution >= 4 is 10.9 Å². The van der Waals surface area contributed by atoms with E-state index >= 15 is 0 Å². The SMILES string of the molecule is CCCN(CCC)C1CCc2ccc3cccnc3c2C1. The number of rotatable bonds is 5. The van der Waals surface area contributed by atoms with Crippen molar-refractivity contribution in [1.82, 2.24) is 9.88 Å². The topological polar surface area (TPSA) is 16.1 Å². The van der Waals surface area contributed by atoms with Crippen molar-refractivity contribution < 1.29 is 0 Å². The van der Waals surface area contributed by atoms with Crippen molar-refractivity contribution in [2.75, 3.05) is 13.1 Å². The first-order valence-corrected chi connectivity index (χ1v) is 8.43. The molecule has 1 aromatic heterocycles. The van der Waals surface area contributed by atoms with Crippen LogP contribution in [0.1, 0.15) is 44.2 Å². The van der Waals surface area contributed by atoms with Crippen LogP contribution >= 0.6 is 0 Å². The number of hydrogen-bond donors (Lipinski definition) is 0. The number of hydrogen-bond acceptors (Lipinski definition) is 2. The van der Waals surface area contributed by atoms with E-state index in [0.717, 1.165) is 0 Å². The summed E-state index contributed by atoms with van der Waals surface area (Å²) in [4.78, 5) is 7.36. The van der Waals surface area contributed by atoms with Crippen LogP contribution in [-0.2, 0) is 12.8 Å². The highest BCUT2D eigenvalue weighted by Crippen LogP contribution is 2.30. The van der Waals surface area contributed by atoms with Gasteiger partial charge in [-0.1, -0.05) is 32.0 Å². The molecule has 2 heteroatoms. The van der Waals surface area contributed by atoms with E-state index < -0.39 is 0 Å². The van der Waals surface area contributed by atoms with Gasteiger partial charge in [0.25, 0.3) is 0 Å². The van der Waals surface area contributed by atoms with Gasteiger partial charge in [0.1, 0.15) is 0 Å². The largest absolute Gasteiger partial charge is 0.300 e. The Labute approximate surface area is 128 Å². The lowest BCUT2D eigenvalue weighted by Gasteiger charge is -2.35. The molecule has 0 N–H and O–H groups in total. The van der Waals surface area contributed by atoms with Crippen molar-refractivity contribution in [3.63, 3.8) is 0 Å². The molecule has 1 heterocycles. The van der Waals surface area contributed by atoms with Crippen molar-refractivity contribution in [1.29, 1.82) is 0 Å². The predicted molar refractivity (Wildman–Crippen MR) is 89.7 cm³/mol. The molecule has 0 saturated heterocycles. The molecule has 3 rings (SSSR count). The standard InChI is InChI=1S/C19H26N2/c1-3-12-21(13-4-2)17-10-9-15-7-8-16-6-5-11-20-19(16)18(15)14-17/h5-8,11,17H,3-4,9-10,12-14H2,1-2H3. The van der Waals surface area contributed by atoms with E-state index in [1.54, 1.807) is 0 Å². The molecule has 0 fully saturated rings. The Morgan fingerprint density at radius 1 is 1.14 bits per heavy atom. The second-order valence-electron chi connectivity index (χ2n) is 6.21. The van der Waals surface area contributed by atoms with Crippen LogP contribution in [0.3, 0.4) is 0 Å². The molecule has 2 aromatic rings. The van der Waals surface area contributed by atoms with Crippen molar-refractivity contribution in [2.24, 2.45) is 0 Å². The lowest BCUT2D eigenvalue weighted by atomic mass is 9.85. The fourth-order valence-electron chi connectivity index (χ4n) is 3.73. The van der Waals surface area contributed by atoms with Gasteiger partial charge >= 0.3 is 0 Å². The Bertz CT molecular complexity index is 600. The summed E-state index contributed by atoms with van der Waals surface area (Å²) in [5, 5.41) is 1.29. The van der Waals surface area contributed by atoms with Crippen LogP contribution in [0.5, 0.6) is 0 Å². The normalized spacial score (nSPS) is 18.1. The van der Waals surface area contributed by atoms with Crippen LogP contribution in [0.4, 0.5) is 0 Å². The van der Waals surface area contributed by atoms with E-state index in [2.05, 4.69) is 41.9 Å². The zero-order valence-corrected chi connectivity index (χ0v) is 13.3. The molecule has 1 atom stereocenters. The molecule has 1 unspecified atom stereocenters. The van der Waals surface area contributed by atoms with Gasteiger partial charge < -0.3 is 4.90 Å². The summed E-state index contributed by atoms with van der Waals surface area (Å²) in [5.41, 5.74) is 4.25. The molecule has 1 aliphatic rings. The number of benzene rings is 1. The van der Waals surface area contributed by atoms with Gasteiger partial charge in [-0.25, -0.2) is 0 Å². The van der Waals surface area contributed by atoms with E-state index in [0.29, 0.717) is 6.04 Å². The zero-order chi connectivity index (χ0) is 14.7. The first-order valence-electron chi connectivity index (χ1n) is 8.43. The number of aromatic nitrogens is 1. The van der Waals surface area contributed by atoms with Crippen molar-refractivity contribution in [3.05, 3.63) is 41.6 Å². The lowest BCUT2D eigenvalue weighted by molar-refractivity contribution is 0.180. The Balaban J connectivity index is 1.91. The van der Waals surface area contributed by atoms with E-state index in [1.807, 2.05) is 12.3 Å². The van der Waals surface area contributed by atoms with Gasteiger partial charge in [0.2, 0.25) is 0 Å². The molecule has 0 bridgehead atoms. The molecular formula is C19H26N2. The third kappa shape index (κ3) is 2.96. The Hall–Kier alpha value is -1.41. The van der Waals surface area contributed by atoms with E-state index in [9.17, 15) is 0 Å². The minimum atomic E-state index is 0.699. The summed E-state index contributed by atoms with van der Waals surface area (Å²) in [5.74, 6) is 0. The molecule has 0 radical (unpaired) electrons. The van der Waals surface area contributed by atoms with Gasteiger partial charge in [-0.05, 0) is 62.4 Å². The summed E-state index contributed by atoms with van der Waals surface area (Å²) >= 11 is 0. The highest BCUT2D eigenvalue weighted by molar-refractivity contribution is 5.83. The molecular weight excluding hydrogens is 256 g/mol. The smallest absolute Gasteiger partial charge is 0.0737 e. The van der Waals surface area contributed by atoms with E-state index in [-0.39, 0.29) is 0 Å². The van der Waals surface area contributed by atoms with Crippen molar-refractivity contribution in [3.8, 4) is 0 Å². The number of fused-ring (bicyclic) bond motifs is 3. The fourth-order valence-corrected chi connectivity index (χ4v) is 3.73. The molecule has 2 nitrogen and oxygen atoms in total. The second-order valence-corrected chi connectivity index (χ2v) is 6.21. The lowest BCUT2D eigenvalue weighted by Crippen LogP contribution is -2.40. The third-order valence-corrected chi connectivity index (χ3v) is 4.70. The monoisotopic (exact) mass is 282 g/mol. The molecule has 0 aliphatic heterocycles. The summed E-state index contributed by atoms with van der Waals surface area (Å²) in [7, 11) is 0. The van der Waals surface area contributed by atoms with E-state index in [4.69, 9.17) is 0 Å². The van der Waals surface area contributed by atoms with Crippen LogP contribution in [0, 0.1) is 0 Å². The Morgan fingerprint density at radius 3 is 2.71 bits per heavy atom. The fraction of sp³-hybridized carbons (Fsp3) is 0.526. The second kappa shape index (κ2) is 6.57. The van der Waals surface area contributed by atoms with Crippen LogP contribution in [0.15, 0.2) is 30.5 Å². The molecule has 0 amide bonds. The molecule has 0 spiro atoms. The van der Waals surface area contributed by atoms with Crippen LogP contribution in [-0.4, -0.2) is 29.0 Å². The Kier molecular flexibility index (Phi) is 4.54. The summed E-state index contributed by atoms with van der Waals surface area (Å²) in [6.07, 6.45) is 8.10. The van der Waals surface area contributed by atoms with E-state index in [1.165, 1.54) is 67.2 Å². The van der Waals surface area contributed by atoms with Crippen LogP contribution < -0.4 is 0 Å². The minimum absolute atomic E-state index is 0.699. The average Bonchev–Trinajstić information content (AvgIpc) is 2.54. The molecule has 1 aliphatic carbocycles. The summed E-state index contributed by atoms with van der Waals surface area (Å²) < 4.78 is 0. The number of pyridine rings is 1. The third-order valence-electron chi connectivity index (χ3n) is 4.70. The highest BCUT2D eigenvalue weighted by Gasteiger charge is 2.25. The average molecular weight is 282 g/mol. The maximum Gasteiger partial charge on any atom is 0.0737 e. The molecule has 0 saturated carbocycles. The molecule has 21 heavy (non-hydrogen) atoms. The van der Waals surface area contributed by atoms with Gasteiger partial charge in [-0.15, -0.1) is 0 Å². The van der Waals surface area contributed by atoms with Gasteiger partial charge in [-0.3, -0.25) is 4.98 Å².